The number of nitrogens with two attached hydrogens (primary N) is 2. The van der Waals surface area contributed by atoms with Crippen molar-refractivity contribution in [1.29, 1.82) is 0 Å². The zero-order chi connectivity index (χ0) is 22.0. The van der Waals surface area contributed by atoms with Gasteiger partial charge in [0.15, 0.2) is 0 Å². The van der Waals surface area contributed by atoms with Crippen LogP contribution in [0, 0.1) is 11.7 Å². The number of anilines is 3. The van der Waals surface area contributed by atoms with Gasteiger partial charge in [-0.15, -0.1) is 0 Å². The van der Waals surface area contributed by atoms with Gasteiger partial charge < -0.3 is 26.6 Å². The Labute approximate surface area is 177 Å². The van der Waals surface area contributed by atoms with E-state index in [-0.39, 0.29) is 22.8 Å². The molecular weight excluding hydrogens is 401 g/mol. The molecule has 0 spiro atoms. The monoisotopic (exact) mass is 423 g/mol. The molecule has 1 atom stereocenters. The minimum atomic E-state index is -0.819. The van der Waals surface area contributed by atoms with Crippen molar-refractivity contribution in [3.8, 4) is 11.3 Å². The van der Waals surface area contributed by atoms with Gasteiger partial charge in [0.2, 0.25) is 11.8 Å². The quantitative estimate of drug-likeness (QED) is 0.416. The fourth-order valence-electron chi connectivity index (χ4n) is 3.32. The number of nitrogens with zero attached hydrogens (tertiary/aromatic N) is 1. The van der Waals surface area contributed by atoms with E-state index in [1.807, 2.05) is 30.3 Å². The number of nitrogens with one attached hydrogen (secondary N) is 2. The average Bonchev–Trinajstić information content (AvgIpc) is 3.45. The smallest absolute Gasteiger partial charge is 0.250 e. The number of carbonyl (C=O) groups is 2. The summed E-state index contributed by atoms with van der Waals surface area (Å²) in [6.45, 7) is 0. The molecule has 2 aromatic carbocycles. The van der Waals surface area contributed by atoms with Crippen molar-refractivity contribution >= 4 is 29.1 Å². The van der Waals surface area contributed by atoms with Crippen LogP contribution in [0.15, 0.2) is 53.1 Å². The summed E-state index contributed by atoms with van der Waals surface area (Å²) in [5.74, 6) is -1.46. The van der Waals surface area contributed by atoms with E-state index in [1.54, 1.807) is 6.07 Å². The van der Waals surface area contributed by atoms with Gasteiger partial charge >= 0.3 is 0 Å². The van der Waals surface area contributed by atoms with Crippen LogP contribution >= 0.6 is 0 Å². The van der Waals surface area contributed by atoms with E-state index in [0.29, 0.717) is 18.0 Å². The molecule has 1 fully saturated rings. The summed E-state index contributed by atoms with van der Waals surface area (Å²) in [7, 11) is 0. The molecule has 1 unspecified atom stereocenters. The molecule has 0 saturated heterocycles. The Kier molecular flexibility index (Phi) is 5.57. The number of hydrogen-bond donors (Lipinski definition) is 4. The Morgan fingerprint density at radius 2 is 1.87 bits per heavy atom. The molecule has 8 nitrogen and oxygen atoms in total. The van der Waals surface area contributed by atoms with Crippen molar-refractivity contribution in [3.63, 3.8) is 0 Å². The minimum Gasteiger partial charge on any atom is -0.371 e. The highest BCUT2D eigenvalue weighted by Crippen LogP contribution is 2.35. The van der Waals surface area contributed by atoms with Crippen molar-refractivity contribution in [2.24, 2.45) is 17.4 Å². The maximum absolute atomic E-state index is 14.6. The fraction of sp³-hybridized carbons (Fsp3) is 0.227. The van der Waals surface area contributed by atoms with Crippen LogP contribution in [-0.2, 0) is 4.79 Å². The van der Waals surface area contributed by atoms with Crippen LogP contribution in [0.5, 0.6) is 0 Å². The average molecular weight is 423 g/mol. The topological polar surface area (TPSA) is 136 Å². The summed E-state index contributed by atoms with van der Waals surface area (Å²) in [6.07, 6.45) is 2.57. The van der Waals surface area contributed by atoms with Gasteiger partial charge in [0.1, 0.15) is 17.6 Å². The maximum atomic E-state index is 14.6. The van der Waals surface area contributed by atoms with Crippen LogP contribution in [-0.4, -0.2) is 23.0 Å². The lowest BCUT2D eigenvalue weighted by molar-refractivity contribution is -0.118. The number of carbonyl (C=O) groups excluding carboxylic acids is 2. The van der Waals surface area contributed by atoms with Gasteiger partial charge in [0.25, 0.3) is 5.91 Å². The van der Waals surface area contributed by atoms with Gasteiger partial charge in [-0.05, 0) is 24.5 Å². The van der Waals surface area contributed by atoms with Crippen molar-refractivity contribution in [1.82, 2.24) is 5.16 Å². The highest BCUT2D eigenvalue weighted by Gasteiger charge is 2.29. The summed E-state index contributed by atoms with van der Waals surface area (Å²) in [4.78, 5) is 23.7. The second-order valence-corrected chi connectivity index (χ2v) is 7.59. The highest BCUT2D eigenvalue weighted by atomic mass is 19.1. The summed E-state index contributed by atoms with van der Waals surface area (Å²) in [5, 5.41) is 9.77. The zero-order valence-electron chi connectivity index (χ0n) is 16.6. The zero-order valence-corrected chi connectivity index (χ0v) is 16.6. The molecule has 2 amide bonds. The van der Waals surface area contributed by atoms with E-state index in [2.05, 4.69) is 15.8 Å². The standard InChI is InChI=1S/C22H22FN5O3/c23-15-9-14(21(24)29)17(10-18(15)26-19(22(25)30)8-12-6-7-12)27-20-11-16(28-31-20)13-4-2-1-3-5-13/h1-5,9-12,19,26-27H,6-8H2,(H2,24,29)(H2,25,30). The van der Waals surface area contributed by atoms with E-state index >= 15 is 0 Å². The Morgan fingerprint density at radius 1 is 1.13 bits per heavy atom. The van der Waals surface area contributed by atoms with Gasteiger partial charge in [-0.2, -0.15) is 0 Å². The molecule has 31 heavy (non-hydrogen) atoms. The Bertz CT molecular complexity index is 1110. The van der Waals surface area contributed by atoms with Crippen molar-refractivity contribution in [3.05, 3.63) is 59.9 Å². The van der Waals surface area contributed by atoms with Gasteiger partial charge in [0, 0.05) is 11.6 Å². The molecule has 1 aliphatic rings. The van der Waals surface area contributed by atoms with Crippen molar-refractivity contribution in [2.75, 3.05) is 10.6 Å². The van der Waals surface area contributed by atoms with E-state index in [9.17, 15) is 14.0 Å². The van der Waals surface area contributed by atoms with E-state index < -0.39 is 23.7 Å². The van der Waals surface area contributed by atoms with E-state index in [4.69, 9.17) is 16.0 Å². The largest absolute Gasteiger partial charge is 0.371 e. The molecule has 160 valence electrons. The lowest BCUT2D eigenvalue weighted by Gasteiger charge is -2.18. The molecule has 4 rings (SSSR count). The molecular formula is C22H22FN5O3. The number of hydrogen-bond acceptors (Lipinski definition) is 6. The molecule has 3 aromatic rings. The minimum absolute atomic E-state index is 0.0275. The Morgan fingerprint density at radius 3 is 2.52 bits per heavy atom. The number of primary amides is 2. The van der Waals surface area contributed by atoms with Gasteiger partial charge in [-0.3, -0.25) is 9.59 Å². The summed E-state index contributed by atoms with van der Waals surface area (Å²) < 4.78 is 20.0. The van der Waals surface area contributed by atoms with Crippen LogP contribution in [0.25, 0.3) is 11.3 Å². The molecule has 1 saturated carbocycles. The third-order valence-corrected chi connectivity index (χ3v) is 5.15. The fourth-order valence-corrected chi connectivity index (χ4v) is 3.32. The second-order valence-electron chi connectivity index (χ2n) is 7.59. The number of rotatable bonds is 9. The van der Waals surface area contributed by atoms with E-state index in [1.165, 1.54) is 6.07 Å². The van der Waals surface area contributed by atoms with Crippen LogP contribution in [0.4, 0.5) is 21.6 Å². The predicted octanol–water partition coefficient (Wildman–Crippen LogP) is 3.39. The first-order valence-electron chi connectivity index (χ1n) is 9.89. The molecule has 0 aliphatic heterocycles. The maximum Gasteiger partial charge on any atom is 0.250 e. The van der Waals surface area contributed by atoms with Crippen molar-refractivity contribution in [2.45, 2.75) is 25.3 Å². The molecule has 0 bridgehead atoms. The van der Waals surface area contributed by atoms with Crippen LogP contribution < -0.4 is 22.1 Å². The first kappa shape index (κ1) is 20.4. The SMILES string of the molecule is NC(=O)c1cc(F)c(NC(CC2CC2)C(N)=O)cc1Nc1cc(-c2ccccc2)no1. The number of amides is 2. The summed E-state index contributed by atoms with van der Waals surface area (Å²) in [6, 6.07) is 12.7. The molecule has 9 heteroatoms. The molecule has 0 radical (unpaired) electrons. The Balaban J connectivity index is 1.61. The predicted molar refractivity (Wildman–Crippen MR) is 114 cm³/mol. The number of halogens is 1. The molecule has 1 heterocycles. The van der Waals surface area contributed by atoms with E-state index in [0.717, 1.165) is 24.5 Å². The van der Waals surface area contributed by atoms with Crippen LogP contribution in [0.3, 0.4) is 0 Å². The molecule has 6 N–H and O–H groups in total. The first-order chi connectivity index (χ1) is 14.9. The summed E-state index contributed by atoms with van der Waals surface area (Å²) >= 11 is 0. The normalized spacial score (nSPS) is 14.1. The lowest BCUT2D eigenvalue weighted by atomic mass is 10.1. The number of aromatic nitrogens is 1. The first-order valence-corrected chi connectivity index (χ1v) is 9.89. The van der Waals surface area contributed by atoms with Gasteiger partial charge in [-0.1, -0.05) is 48.3 Å². The molecule has 1 aliphatic carbocycles. The van der Waals surface area contributed by atoms with Gasteiger partial charge in [-0.25, -0.2) is 4.39 Å². The van der Waals surface area contributed by atoms with Crippen molar-refractivity contribution < 1.29 is 18.5 Å². The second kappa shape index (κ2) is 8.47. The number of benzene rings is 2. The third kappa shape index (κ3) is 4.82. The summed E-state index contributed by atoms with van der Waals surface area (Å²) in [5.41, 5.74) is 12.5. The van der Waals surface area contributed by atoms with Gasteiger partial charge in [0.05, 0.1) is 16.9 Å². The lowest BCUT2D eigenvalue weighted by Crippen LogP contribution is -2.36. The Hall–Kier alpha value is -3.88. The molecule has 1 aromatic heterocycles. The van der Waals surface area contributed by atoms with Crippen LogP contribution in [0.1, 0.15) is 29.6 Å². The van der Waals surface area contributed by atoms with Crippen LogP contribution in [0.2, 0.25) is 0 Å². The highest BCUT2D eigenvalue weighted by molar-refractivity contribution is 6.00. The third-order valence-electron chi connectivity index (χ3n) is 5.15.